The number of nitrogens with one attached hydrogen (secondary N) is 1. The summed E-state index contributed by atoms with van der Waals surface area (Å²) < 4.78 is 54.9. The summed E-state index contributed by atoms with van der Waals surface area (Å²) in [6.07, 6.45) is 0. The molecule has 0 saturated heterocycles. The van der Waals surface area contributed by atoms with E-state index in [-0.39, 0.29) is 18.0 Å². The lowest BCUT2D eigenvalue weighted by molar-refractivity contribution is 0.577. The molecule has 140 valence electrons. The Morgan fingerprint density at radius 1 is 1.00 bits per heavy atom. The summed E-state index contributed by atoms with van der Waals surface area (Å²) in [5.74, 6) is 0. The molecule has 0 fully saturated rings. The van der Waals surface area contributed by atoms with Gasteiger partial charge in [0.05, 0.1) is 16.3 Å². The van der Waals surface area contributed by atoms with E-state index in [2.05, 4.69) is 4.72 Å². The quantitative estimate of drug-likeness (QED) is 0.836. The number of rotatable bonds is 5. The number of anilines is 2. The minimum atomic E-state index is -3.70. The van der Waals surface area contributed by atoms with E-state index in [1.54, 1.807) is 42.5 Å². The summed E-state index contributed by atoms with van der Waals surface area (Å²) in [6, 6.07) is 11.8. The zero-order valence-corrected chi connectivity index (χ0v) is 16.4. The van der Waals surface area contributed by atoms with Gasteiger partial charge in [0, 0.05) is 20.1 Å². The summed E-state index contributed by atoms with van der Waals surface area (Å²) >= 11 is 0. The van der Waals surface area contributed by atoms with Crippen molar-refractivity contribution < 1.29 is 16.8 Å². The number of aryl methyl sites for hydroxylation is 2. The standard InChI is InChI=1S/C17H21N3O4S2/c1-13-8-9-15(12-14(13)2)25(21,22)18-10-11-20-17-7-5-4-6-16(17)19(3)26(20,23)24/h4-9,12,18H,10-11H2,1-3H3. The molecule has 26 heavy (non-hydrogen) atoms. The van der Waals surface area contributed by atoms with E-state index in [1.807, 2.05) is 13.8 Å². The first-order chi connectivity index (χ1) is 12.1. The molecule has 1 N–H and O–H groups in total. The van der Waals surface area contributed by atoms with Gasteiger partial charge >= 0.3 is 10.2 Å². The van der Waals surface area contributed by atoms with Crippen molar-refractivity contribution in [1.82, 2.24) is 4.72 Å². The summed E-state index contributed by atoms with van der Waals surface area (Å²) in [7, 11) is -5.91. The predicted octanol–water partition coefficient (Wildman–Crippen LogP) is 1.78. The van der Waals surface area contributed by atoms with E-state index in [4.69, 9.17) is 0 Å². The largest absolute Gasteiger partial charge is 0.326 e. The van der Waals surface area contributed by atoms with E-state index in [1.165, 1.54) is 15.7 Å². The van der Waals surface area contributed by atoms with Crippen molar-refractivity contribution in [2.75, 3.05) is 28.7 Å². The van der Waals surface area contributed by atoms with E-state index < -0.39 is 20.2 Å². The van der Waals surface area contributed by atoms with Gasteiger partial charge in [-0.25, -0.2) is 17.4 Å². The zero-order valence-electron chi connectivity index (χ0n) is 14.8. The topological polar surface area (TPSA) is 86.8 Å². The molecule has 1 aliphatic rings. The van der Waals surface area contributed by atoms with Crippen molar-refractivity contribution >= 4 is 31.6 Å². The molecular formula is C17H21N3O4S2. The minimum absolute atomic E-state index is 0.00770. The lowest BCUT2D eigenvalue weighted by Crippen LogP contribution is -2.40. The maximum absolute atomic E-state index is 12.5. The lowest BCUT2D eigenvalue weighted by atomic mass is 10.1. The van der Waals surface area contributed by atoms with E-state index in [0.29, 0.717) is 11.4 Å². The average Bonchev–Trinajstić information content (AvgIpc) is 2.78. The third-order valence-electron chi connectivity index (χ3n) is 4.51. The van der Waals surface area contributed by atoms with Crippen LogP contribution in [0.25, 0.3) is 0 Å². The molecule has 0 unspecified atom stereocenters. The molecule has 0 spiro atoms. The van der Waals surface area contributed by atoms with Crippen molar-refractivity contribution in [2.45, 2.75) is 18.7 Å². The van der Waals surface area contributed by atoms with Crippen LogP contribution in [0.5, 0.6) is 0 Å². The van der Waals surface area contributed by atoms with Gasteiger partial charge in [-0.1, -0.05) is 18.2 Å². The maximum atomic E-state index is 12.5. The summed E-state index contributed by atoms with van der Waals surface area (Å²) in [4.78, 5) is 0.169. The maximum Gasteiger partial charge on any atom is 0.326 e. The number of fused-ring (bicyclic) bond motifs is 1. The summed E-state index contributed by atoms with van der Waals surface area (Å²) in [6.45, 7) is 3.73. The van der Waals surface area contributed by atoms with Crippen LogP contribution in [-0.4, -0.2) is 37.0 Å². The van der Waals surface area contributed by atoms with Crippen LogP contribution < -0.4 is 13.3 Å². The van der Waals surface area contributed by atoms with E-state index in [0.717, 1.165) is 11.1 Å². The van der Waals surface area contributed by atoms with Crippen LogP contribution in [0.15, 0.2) is 47.4 Å². The Hall–Kier alpha value is -2.10. The third kappa shape index (κ3) is 3.17. The Bertz CT molecular complexity index is 1050. The molecule has 0 bridgehead atoms. The first kappa shape index (κ1) is 18.7. The zero-order chi connectivity index (χ0) is 19.1. The average molecular weight is 396 g/mol. The molecule has 9 heteroatoms. The number of nitrogens with zero attached hydrogens (tertiary/aromatic N) is 2. The second kappa shape index (κ2) is 6.57. The van der Waals surface area contributed by atoms with Crippen LogP contribution in [0.2, 0.25) is 0 Å². The third-order valence-corrected chi connectivity index (χ3v) is 7.79. The molecule has 1 heterocycles. The monoisotopic (exact) mass is 395 g/mol. The fourth-order valence-electron chi connectivity index (χ4n) is 2.82. The van der Waals surface area contributed by atoms with Crippen LogP contribution in [0.1, 0.15) is 11.1 Å². The molecule has 3 rings (SSSR count). The molecule has 2 aromatic carbocycles. The smallest absolute Gasteiger partial charge is 0.254 e. The second-order valence-corrected chi connectivity index (χ2v) is 9.83. The Morgan fingerprint density at radius 3 is 2.31 bits per heavy atom. The first-order valence-corrected chi connectivity index (χ1v) is 10.9. The van der Waals surface area contributed by atoms with Gasteiger partial charge in [-0.3, -0.25) is 4.31 Å². The highest BCUT2D eigenvalue weighted by Crippen LogP contribution is 2.39. The summed E-state index contributed by atoms with van der Waals surface area (Å²) in [5, 5.41) is 0. The number of benzene rings is 2. The fraction of sp³-hybridized carbons (Fsp3) is 0.294. The van der Waals surface area contributed by atoms with Gasteiger partial charge in [0.15, 0.2) is 0 Å². The summed E-state index contributed by atoms with van der Waals surface area (Å²) in [5.41, 5.74) is 3.00. The highest BCUT2D eigenvalue weighted by atomic mass is 32.2. The highest BCUT2D eigenvalue weighted by molar-refractivity contribution is 7.94. The van der Waals surface area contributed by atoms with Gasteiger partial charge in [0.2, 0.25) is 10.0 Å². The van der Waals surface area contributed by atoms with Crippen molar-refractivity contribution in [2.24, 2.45) is 0 Å². The molecule has 0 aromatic heterocycles. The number of hydrogen-bond acceptors (Lipinski definition) is 4. The molecular weight excluding hydrogens is 374 g/mol. The SMILES string of the molecule is Cc1ccc(S(=O)(=O)NCCN2c3ccccc3N(C)S2(=O)=O)cc1C. The van der Waals surface area contributed by atoms with Crippen molar-refractivity contribution in [3.63, 3.8) is 0 Å². The van der Waals surface area contributed by atoms with Gasteiger partial charge in [0.1, 0.15) is 0 Å². The van der Waals surface area contributed by atoms with E-state index >= 15 is 0 Å². The van der Waals surface area contributed by atoms with Crippen molar-refractivity contribution in [1.29, 1.82) is 0 Å². The van der Waals surface area contributed by atoms with Gasteiger partial charge in [-0.05, 0) is 49.2 Å². The highest BCUT2D eigenvalue weighted by Gasteiger charge is 2.37. The molecule has 0 aliphatic carbocycles. The number of para-hydroxylation sites is 2. The van der Waals surface area contributed by atoms with Crippen LogP contribution in [-0.2, 0) is 20.2 Å². The predicted molar refractivity (Wildman–Crippen MR) is 102 cm³/mol. The second-order valence-electron chi connectivity index (χ2n) is 6.18. The Balaban J connectivity index is 1.76. The van der Waals surface area contributed by atoms with Crippen LogP contribution >= 0.6 is 0 Å². The fourth-order valence-corrected chi connectivity index (χ4v) is 5.35. The number of sulfonamides is 1. The Morgan fingerprint density at radius 2 is 1.65 bits per heavy atom. The molecule has 1 aliphatic heterocycles. The molecule has 0 saturated carbocycles. The van der Waals surface area contributed by atoms with Gasteiger partial charge in [0.25, 0.3) is 0 Å². The van der Waals surface area contributed by atoms with Gasteiger partial charge in [-0.2, -0.15) is 8.42 Å². The minimum Gasteiger partial charge on any atom is -0.254 e. The Kier molecular flexibility index (Phi) is 4.72. The van der Waals surface area contributed by atoms with Crippen LogP contribution in [0.3, 0.4) is 0 Å². The Labute approximate surface area is 154 Å². The molecule has 2 aromatic rings. The molecule has 0 atom stereocenters. The molecule has 0 amide bonds. The van der Waals surface area contributed by atoms with Crippen molar-refractivity contribution in [3.8, 4) is 0 Å². The van der Waals surface area contributed by atoms with Gasteiger partial charge in [-0.15, -0.1) is 0 Å². The van der Waals surface area contributed by atoms with Crippen molar-refractivity contribution in [3.05, 3.63) is 53.6 Å². The normalized spacial score (nSPS) is 16.0. The number of hydrogen-bond donors (Lipinski definition) is 1. The molecule has 7 nitrogen and oxygen atoms in total. The van der Waals surface area contributed by atoms with E-state index in [9.17, 15) is 16.8 Å². The van der Waals surface area contributed by atoms with Crippen LogP contribution in [0.4, 0.5) is 11.4 Å². The first-order valence-electron chi connectivity index (χ1n) is 8.07. The molecule has 0 radical (unpaired) electrons. The lowest BCUT2D eigenvalue weighted by Gasteiger charge is -2.19. The van der Waals surface area contributed by atoms with Crippen LogP contribution in [0, 0.1) is 13.8 Å². The van der Waals surface area contributed by atoms with Gasteiger partial charge < -0.3 is 0 Å².